The van der Waals surface area contributed by atoms with Crippen molar-refractivity contribution in [2.24, 2.45) is 0 Å². The van der Waals surface area contributed by atoms with E-state index in [0.29, 0.717) is 37.5 Å². The van der Waals surface area contributed by atoms with Gasteiger partial charge >= 0.3 is 0 Å². The lowest BCUT2D eigenvalue weighted by molar-refractivity contribution is -0.116. The van der Waals surface area contributed by atoms with Crippen molar-refractivity contribution in [2.75, 3.05) is 31.1 Å². The summed E-state index contributed by atoms with van der Waals surface area (Å²) in [6.45, 7) is 5.78. The number of benzene rings is 1. The molecule has 1 unspecified atom stereocenters. The van der Waals surface area contributed by atoms with Crippen LogP contribution in [0.15, 0.2) is 23.1 Å². The highest BCUT2D eigenvalue weighted by Gasteiger charge is 2.30. The lowest BCUT2D eigenvalue weighted by Gasteiger charge is -2.31. The van der Waals surface area contributed by atoms with Crippen molar-refractivity contribution in [1.29, 1.82) is 0 Å². The molecule has 1 aromatic rings. The van der Waals surface area contributed by atoms with Gasteiger partial charge in [0, 0.05) is 44.8 Å². The lowest BCUT2D eigenvalue weighted by Crippen LogP contribution is -2.51. The Balaban J connectivity index is 1.91. The highest BCUT2D eigenvalue weighted by molar-refractivity contribution is 7.89. The molecule has 1 fully saturated rings. The van der Waals surface area contributed by atoms with E-state index in [4.69, 9.17) is 0 Å². The van der Waals surface area contributed by atoms with Gasteiger partial charge in [-0.2, -0.15) is 4.31 Å². The van der Waals surface area contributed by atoms with Crippen LogP contribution < -0.4 is 10.2 Å². The zero-order chi connectivity index (χ0) is 15.9. The highest BCUT2D eigenvalue weighted by atomic mass is 32.2. The number of rotatable bonds is 2. The van der Waals surface area contributed by atoms with Crippen LogP contribution in [0.2, 0.25) is 0 Å². The predicted molar refractivity (Wildman–Crippen MR) is 84.4 cm³/mol. The van der Waals surface area contributed by atoms with Gasteiger partial charge in [0.1, 0.15) is 0 Å². The molecule has 0 aromatic heterocycles. The standard InChI is InChI=1S/C15H21N3O3S/c1-11-10-17(8-6-16-11)22(20,21)14-3-4-15-13(9-14)5-7-18(15)12(2)19/h3-4,9,11,16H,5-8,10H2,1-2H3. The summed E-state index contributed by atoms with van der Waals surface area (Å²) in [7, 11) is -3.46. The molecule has 0 saturated carbocycles. The molecule has 6 nitrogen and oxygen atoms in total. The molecule has 2 aliphatic rings. The van der Waals surface area contributed by atoms with Crippen molar-refractivity contribution >= 4 is 21.6 Å². The van der Waals surface area contributed by atoms with Crippen molar-refractivity contribution < 1.29 is 13.2 Å². The molecule has 3 rings (SSSR count). The van der Waals surface area contributed by atoms with Gasteiger partial charge in [-0.15, -0.1) is 0 Å². The summed E-state index contributed by atoms with van der Waals surface area (Å²) in [5, 5.41) is 3.25. The van der Waals surface area contributed by atoms with Crippen molar-refractivity contribution in [3.8, 4) is 0 Å². The van der Waals surface area contributed by atoms with Crippen LogP contribution in [-0.4, -0.2) is 50.9 Å². The van der Waals surface area contributed by atoms with Gasteiger partial charge in [0.25, 0.3) is 0 Å². The Hall–Kier alpha value is -1.44. The van der Waals surface area contributed by atoms with E-state index in [1.54, 1.807) is 23.1 Å². The number of nitrogens with one attached hydrogen (secondary N) is 1. The molecule has 0 radical (unpaired) electrons. The summed E-state index contributed by atoms with van der Waals surface area (Å²) in [5.74, 6) is -0.00899. The second kappa shape index (κ2) is 5.64. The molecule has 1 aromatic carbocycles. The second-order valence-corrected chi connectivity index (χ2v) is 7.87. The molecular weight excluding hydrogens is 302 g/mol. The Kier molecular flexibility index (Phi) is 3.96. The summed E-state index contributed by atoms with van der Waals surface area (Å²) >= 11 is 0. The Bertz CT molecular complexity index is 702. The largest absolute Gasteiger partial charge is 0.312 e. The third-order valence-electron chi connectivity index (χ3n) is 4.30. The lowest BCUT2D eigenvalue weighted by atomic mass is 10.2. The SMILES string of the molecule is CC(=O)N1CCc2cc(S(=O)(=O)N3CCNC(C)C3)ccc21. The second-order valence-electron chi connectivity index (χ2n) is 5.93. The average molecular weight is 323 g/mol. The molecule has 1 saturated heterocycles. The zero-order valence-corrected chi connectivity index (χ0v) is 13.7. The molecular formula is C15H21N3O3S. The zero-order valence-electron chi connectivity index (χ0n) is 12.9. The topological polar surface area (TPSA) is 69.7 Å². The van der Waals surface area contributed by atoms with E-state index in [2.05, 4.69) is 5.32 Å². The van der Waals surface area contributed by atoms with Crippen LogP contribution in [0.25, 0.3) is 0 Å². The number of hydrogen-bond acceptors (Lipinski definition) is 4. The van der Waals surface area contributed by atoms with Crippen LogP contribution in [0.1, 0.15) is 19.4 Å². The normalized spacial score (nSPS) is 22.6. The fourth-order valence-electron chi connectivity index (χ4n) is 3.13. The molecule has 1 N–H and O–H groups in total. The minimum atomic E-state index is -3.46. The molecule has 1 amide bonds. The number of anilines is 1. The number of amides is 1. The van der Waals surface area contributed by atoms with Crippen LogP contribution >= 0.6 is 0 Å². The van der Waals surface area contributed by atoms with E-state index in [0.717, 1.165) is 11.3 Å². The number of nitrogens with zero attached hydrogens (tertiary/aromatic N) is 2. The third kappa shape index (κ3) is 2.64. The summed E-state index contributed by atoms with van der Waals surface area (Å²) < 4.78 is 27.1. The van der Waals surface area contributed by atoms with Crippen LogP contribution in [0.3, 0.4) is 0 Å². The Morgan fingerprint density at radius 3 is 2.77 bits per heavy atom. The van der Waals surface area contributed by atoms with Crippen molar-refractivity contribution in [3.05, 3.63) is 23.8 Å². The maximum Gasteiger partial charge on any atom is 0.243 e. The number of carbonyl (C=O) groups excluding carboxylic acids is 1. The monoisotopic (exact) mass is 323 g/mol. The average Bonchev–Trinajstić information content (AvgIpc) is 2.90. The van der Waals surface area contributed by atoms with E-state index in [1.807, 2.05) is 6.92 Å². The van der Waals surface area contributed by atoms with E-state index in [1.165, 1.54) is 11.2 Å². The fraction of sp³-hybridized carbons (Fsp3) is 0.533. The number of sulfonamides is 1. The number of fused-ring (bicyclic) bond motifs is 1. The van der Waals surface area contributed by atoms with Gasteiger partial charge in [-0.05, 0) is 37.1 Å². The third-order valence-corrected chi connectivity index (χ3v) is 6.16. The van der Waals surface area contributed by atoms with Crippen LogP contribution in [0.4, 0.5) is 5.69 Å². The molecule has 7 heteroatoms. The van der Waals surface area contributed by atoms with Gasteiger partial charge < -0.3 is 10.2 Å². The van der Waals surface area contributed by atoms with Gasteiger partial charge in [0.05, 0.1) is 4.90 Å². The van der Waals surface area contributed by atoms with Gasteiger partial charge in [0.2, 0.25) is 15.9 Å². The Morgan fingerprint density at radius 1 is 1.32 bits per heavy atom. The predicted octanol–water partition coefficient (Wildman–Crippen LogP) is 0.578. The van der Waals surface area contributed by atoms with Crippen molar-refractivity contribution in [3.63, 3.8) is 0 Å². The minimum Gasteiger partial charge on any atom is -0.312 e. The maximum absolute atomic E-state index is 12.8. The van der Waals surface area contributed by atoms with E-state index >= 15 is 0 Å². The van der Waals surface area contributed by atoms with Gasteiger partial charge in [-0.1, -0.05) is 0 Å². The molecule has 0 aliphatic carbocycles. The van der Waals surface area contributed by atoms with Crippen LogP contribution in [0, 0.1) is 0 Å². The van der Waals surface area contributed by atoms with Crippen molar-refractivity contribution in [1.82, 2.24) is 9.62 Å². The van der Waals surface area contributed by atoms with Gasteiger partial charge in [-0.25, -0.2) is 8.42 Å². The number of piperazine rings is 1. The summed E-state index contributed by atoms with van der Waals surface area (Å²) in [6.07, 6.45) is 0.705. The van der Waals surface area contributed by atoms with E-state index in [-0.39, 0.29) is 11.9 Å². The number of carbonyl (C=O) groups is 1. The fourth-order valence-corrected chi connectivity index (χ4v) is 4.71. The first-order valence-corrected chi connectivity index (χ1v) is 8.98. The van der Waals surface area contributed by atoms with E-state index in [9.17, 15) is 13.2 Å². The Morgan fingerprint density at radius 2 is 2.09 bits per heavy atom. The molecule has 0 spiro atoms. The van der Waals surface area contributed by atoms with Gasteiger partial charge in [-0.3, -0.25) is 4.79 Å². The molecule has 22 heavy (non-hydrogen) atoms. The molecule has 2 aliphatic heterocycles. The number of hydrogen-bond donors (Lipinski definition) is 1. The summed E-state index contributed by atoms with van der Waals surface area (Å²) in [5.41, 5.74) is 1.76. The quantitative estimate of drug-likeness (QED) is 0.864. The Labute approximate surface area is 131 Å². The molecule has 2 heterocycles. The first-order valence-electron chi connectivity index (χ1n) is 7.54. The first kappa shape index (κ1) is 15.5. The van der Waals surface area contributed by atoms with Crippen molar-refractivity contribution in [2.45, 2.75) is 31.2 Å². The van der Waals surface area contributed by atoms with Crippen LogP contribution in [-0.2, 0) is 21.2 Å². The van der Waals surface area contributed by atoms with Crippen LogP contribution in [0.5, 0.6) is 0 Å². The smallest absolute Gasteiger partial charge is 0.243 e. The minimum absolute atomic E-state index is 0.00899. The summed E-state index contributed by atoms with van der Waals surface area (Å²) in [6, 6.07) is 5.25. The van der Waals surface area contributed by atoms with Gasteiger partial charge in [0.15, 0.2) is 0 Å². The first-order chi connectivity index (χ1) is 10.4. The molecule has 0 bridgehead atoms. The molecule has 1 atom stereocenters. The summed E-state index contributed by atoms with van der Waals surface area (Å²) in [4.78, 5) is 13.6. The van der Waals surface area contributed by atoms with E-state index < -0.39 is 10.0 Å². The highest BCUT2D eigenvalue weighted by Crippen LogP contribution is 2.31. The maximum atomic E-state index is 12.8. The molecule has 120 valence electrons.